The molecule has 1 aromatic carbocycles. The molecule has 22 heavy (non-hydrogen) atoms. The normalized spacial score (nSPS) is 21.4. The van der Waals surface area contributed by atoms with Crippen LogP contribution in [0.2, 0.25) is 0 Å². The molecule has 0 bridgehead atoms. The molecule has 1 aliphatic rings. The van der Waals surface area contributed by atoms with Crippen molar-refractivity contribution < 1.29 is 24.4 Å². The second-order valence-corrected chi connectivity index (χ2v) is 5.72. The number of nitrogens with one attached hydrogen (secondary N) is 3. The van der Waals surface area contributed by atoms with Gasteiger partial charge in [0.05, 0.1) is 32.4 Å². The molecule has 1 saturated heterocycles. The summed E-state index contributed by atoms with van der Waals surface area (Å²) >= 11 is 0. The largest absolute Gasteiger partial charge is 0.495 e. The Morgan fingerprint density at radius 1 is 1.18 bits per heavy atom. The maximum Gasteiger partial charge on any atom is 0.230 e. The Morgan fingerprint density at radius 3 is 2.45 bits per heavy atom. The fraction of sp³-hybridized carbons (Fsp3) is 0.562. The number of methoxy groups -OCH3 is 1. The molecule has 1 fully saturated rings. The third kappa shape index (κ3) is 4.98. The number of carbonyl (C=O) groups is 1. The van der Waals surface area contributed by atoms with Crippen molar-refractivity contribution in [2.24, 2.45) is 0 Å². The summed E-state index contributed by atoms with van der Waals surface area (Å²) in [5, 5.41) is 11.9. The summed E-state index contributed by atoms with van der Waals surface area (Å²) in [5.74, 6) is 0.714. The zero-order chi connectivity index (χ0) is 15.8. The van der Waals surface area contributed by atoms with Crippen molar-refractivity contribution >= 4 is 11.6 Å². The van der Waals surface area contributed by atoms with Gasteiger partial charge in [0.2, 0.25) is 5.91 Å². The fourth-order valence-corrected chi connectivity index (χ4v) is 2.87. The molecule has 1 aliphatic heterocycles. The van der Waals surface area contributed by atoms with Crippen molar-refractivity contribution in [3.63, 3.8) is 0 Å². The van der Waals surface area contributed by atoms with Gasteiger partial charge in [0.15, 0.2) is 0 Å². The number of quaternary nitrogens is 2. The van der Waals surface area contributed by atoms with Crippen LogP contribution in [-0.2, 0) is 4.79 Å². The predicted molar refractivity (Wildman–Crippen MR) is 84.5 cm³/mol. The topological polar surface area (TPSA) is 67.4 Å². The highest BCUT2D eigenvalue weighted by Crippen LogP contribution is 2.22. The molecule has 122 valence electrons. The van der Waals surface area contributed by atoms with Gasteiger partial charge in [-0.25, -0.2) is 0 Å². The Bertz CT molecular complexity index is 473. The number of benzene rings is 1. The van der Waals surface area contributed by atoms with Crippen molar-refractivity contribution in [2.45, 2.75) is 6.42 Å². The Balaban J connectivity index is 1.72. The molecule has 0 radical (unpaired) electrons. The van der Waals surface area contributed by atoms with E-state index in [2.05, 4.69) is 5.32 Å². The Hall–Kier alpha value is -1.63. The van der Waals surface area contributed by atoms with Crippen LogP contribution in [0, 0.1) is 0 Å². The van der Waals surface area contributed by atoms with E-state index in [-0.39, 0.29) is 12.5 Å². The number of anilines is 1. The number of piperazine rings is 1. The van der Waals surface area contributed by atoms with E-state index in [1.54, 1.807) is 7.11 Å². The van der Waals surface area contributed by atoms with Crippen molar-refractivity contribution in [1.29, 1.82) is 0 Å². The lowest BCUT2D eigenvalue weighted by molar-refractivity contribution is -1.01. The summed E-state index contributed by atoms with van der Waals surface area (Å²) in [6.45, 7) is 6.23. The number of hydrogen-bond donors (Lipinski definition) is 4. The number of aliphatic hydroxyl groups excluding tert-OH is 1. The van der Waals surface area contributed by atoms with Crippen molar-refractivity contribution in [3.05, 3.63) is 24.3 Å². The summed E-state index contributed by atoms with van der Waals surface area (Å²) in [4.78, 5) is 15.0. The van der Waals surface area contributed by atoms with Gasteiger partial charge in [-0.2, -0.15) is 0 Å². The number of hydrogen-bond acceptors (Lipinski definition) is 3. The molecule has 0 saturated carbocycles. The van der Waals surface area contributed by atoms with Gasteiger partial charge in [-0.1, -0.05) is 12.1 Å². The van der Waals surface area contributed by atoms with E-state index in [1.807, 2.05) is 24.3 Å². The zero-order valence-corrected chi connectivity index (χ0v) is 13.2. The Morgan fingerprint density at radius 2 is 1.82 bits per heavy atom. The van der Waals surface area contributed by atoms with Crippen LogP contribution in [0.4, 0.5) is 5.69 Å². The monoisotopic (exact) mass is 309 g/mol. The van der Waals surface area contributed by atoms with E-state index in [9.17, 15) is 4.79 Å². The van der Waals surface area contributed by atoms with Gasteiger partial charge in [0.25, 0.3) is 0 Å². The molecule has 0 atom stereocenters. The van der Waals surface area contributed by atoms with E-state index in [0.29, 0.717) is 12.2 Å². The number of carbonyl (C=O) groups excluding carboxylic acids is 1. The van der Waals surface area contributed by atoms with Crippen LogP contribution in [0.1, 0.15) is 6.42 Å². The molecule has 2 rings (SSSR count). The first-order valence-electron chi connectivity index (χ1n) is 7.93. The van der Waals surface area contributed by atoms with Crippen LogP contribution in [-0.4, -0.2) is 64.0 Å². The minimum atomic E-state index is 0.0298. The second-order valence-electron chi connectivity index (χ2n) is 5.72. The van der Waals surface area contributed by atoms with E-state index in [0.717, 1.165) is 45.0 Å². The molecular formula is C16H27N3O3+2. The van der Waals surface area contributed by atoms with Crippen LogP contribution in [0.25, 0.3) is 0 Å². The van der Waals surface area contributed by atoms with Gasteiger partial charge in [-0.15, -0.1) is 0 Å². The molecule has 0 aromatic heterocycles. The fourth-order valence-electron chi connectivity index (χ4n) is 2.87. The predicted octanol–water partition coefficient (Wildman–Crippen LogP) is -2.20. The minimum absolute atomic E-state index is 0.0298. The van der Waals surface area contributed by atoms with Gasteiger partial charge in [0.1, 0.15) is 38.5 Å². The Kier molecular flexibility index (Phi) is 6.64. The maximum atomic E-state index is 12.1. The molecule has 0 spiro atoms. The molecule has 0 unspecified atom stereocenters. The second kappa shape index (κ2) is 8.73. The lowest BCUT2D eigenvalue weighted by Crippen LogP contribution is -3.28. The third-order valence-electron chi connectivity index (χ3n) is 4.22. The van der Waals surface area contributed by atoms with Crippen molar-refractivity contribution in [3.8, 4) is 5.75 Å². The quantitative estimate of drug-likeness (QED) is 0.462. The number of ether oxygens (including phenoxy) is 1. The first-order valence-corrected chi connectivity index (χ1v) is 7.93. The van der Waals surface area contributed by atoms with Gasteiger partial charge < -0.3 is 25.0 Å². The van der Waals surface area contributed by atoms with Crippen LogP contribution in [0.3, 0.4) is 0 Å². The average Bonchev–Trinajstić information content (AvgIpc) is 2.55. The molecule has 4 N–H and O–H groups in total. The SMILES string of the molecule is COc1ccccc1NC(=O)CC[NH+]1CC[NH+](CCO)CC1. The molecule has 6 nitrogen and oxygen atoms in total. The highest BCUT2D eigenvalue weighted by molar-refractivity contribution is 5.92. The number of aliphatic hydroxyl groups is 1. The first kappa shape index (κ1) is 16.7. The van der Waals surface area contributed by atoms with Gasteiger partial charge in [-0.05, 0) is 12.1 Å². The van der Waals surface area contributed by atoms with Crippen LogP contribution in [0.5, 0.6) is 5.75 Å². The summed E-state index contributed by atoms with van der Waals surface area (Å²) in [6.07, 6.45) is 0.517. The molecule has 1 heterocycles. The van der Waals surface area contributed by atoms with E-state index in [4.69, 9.17) is 9.84 Å². The lowest BCUT2D eigenvalue weighted by Gasteiger charge is -2.29. The molecule has 0 aliphatic carbocycles. The van der Waals surface area contributed by atoms with E-state index >= 15 is 0 Å². The van der Waals surface area contributed by atoms with Crippen LogP contribution in [0.15, 0.2) is 24.3 Å². The summed E-state index contributed by atoms with van der Waals surface area (Å²) in [5.41, 5.74) is 0.724. The van der Waals surface area contributed by atoms with Crippen molar-refractivity contribution in [1.82, 2.24) is 0 Å². The number of para-hydroxylation sites is 2. The third-order valence-corrected chi connectivity index (χ3v) is 4.22. The van der Waals surface area contributed by atoms with Crippen molar-refractivity contribution in [2.75, 3.05) is 58.3 Å². The maximum absolute atomic E-state index is 12.1. The van der Waals surface area contributed by atoms with Gasteiger partial charge >= 0.3 is 0 Å². The molecular weight excluding hydrogens is 282 g/mol. The molecule has 1 aromatic rings. The first-order chi connectivity index (χ1) is 10.7. The van der Waals surface area contributed by atoms with Gasteiger partial charge in [0, 0.05) is 0 Å². The summed E-state index contributed by atoms with van der Waals surface area (Å²) < 4.78 is 5.23. The Labute approximate surface area is 131 Å². The molecule has 6 heteroatoms. The zero-order valence-electron chi connectivity index (χ0n) is 13.2. The van der Waals surface area contributed by atoms with Crippen LogP contribution >= 0.6 is 0 Å². The lowest BCUT2D eigenvalue weighted by atomic mass is 10.2. The number of rotatable bonds is 7. The van der Waals surface area contributed by atoms with Gasteiger partial charge in [-0.3, -0.25) is 4.79 Å². The summed E-state index contributed by atoms with van der Waals surface area (Å²) in [7, 11) is 1.60. The number of amides is 1. The van der Waals surface area contributed by atoms with E-state index < -0.39 is 0 Å². The van der Waals surface area contributed by atoms with E-state index in [1.165, 1.54) is 9.80 Å². The minimum Gasteiger partial charge on any atom is -0.495 e. The smallest absolute Gasteiger partial charge is 0.230 e. The molecule has 1 amide bonds. The average molecular weight is 309 g/mol. The van der Waals surface area contributed by atoms with Crippen LogP contribution < -0.4 is 19.9 Å². The highest BCUT2D eigenvalue weighted by Gasteiger charge is 2.22. The summed E-state index contributed by atoms with van der Waals surface area (Å²) in [6, 6.07) is 7.45. The standard InChI is InChI=1S/C16H25N3O3/c1-22-15-5-3-2-4-14(15)17-16(21)6-7-18-8-10-19(11-9-18)12-13-20/h2-5,20H,6-13H2,1H3,(H,17,21)/p+2. The highest BCUT2D eigenvalue weighted by atomic mass is 16.5.